The molecule has 3 heterocycles. The molecule has 0 saturated carbocycles. The Hall–Kier alpha value is -3.97. The zero-order valence-electron chi connectivity index (χ0n) is 20.8. The predicted octanol–water partition coefficient (Wildman–Crippen LogP) is 6.45. The lowest BCUT2D eigenvalue weighted by molar-refractivity contribution is -0.0367. The topological polar surface area (TPSA) is 78.3 Å². The number of aromatic nitrogens is 3. The molecule has 36 heavy (non-hydrogen) atoms. The minimum absolute atomic E-state index is 0.111. The number of para-hydroxylation sites is 1. The summed E-state index contributed by atoms with van der Waals surface area (Å²) in [6.07, 6.45) is 7.00. The molecule has 5 rings (SSSR count). The van der Waals surface area contributed by atoms with E-state index in [9.17, 15) is 4.79 Å². The van der Waals surface area contributed by atoms with Crippen LogP contribution < -0.4 is 5.32 Å². The van der Waals surface area contributed by atoms with Crippen LogP contribution in [0.5, 0.6) is 0 Å². The van der Waals surface area contributed by atoms with Crippen LogP contribution in [0.2, 0.25) is 0 Å². The molecule has 7 nitrogen and oxygen atoms in total. The number of pyridine rings is 1. The Kier molecular flexibility index (Phi) is 6.82. The average molecular weight is 483 g/mol. The molecule has 184 valence electrons. The quantitative estimate of drug-likeness (QED) is 0.318. The molecule has 1 saturated heterocycles. The highest BCUT2D eigenvalue weighted by Gasteiger charge is 2.21. The van der Waals surface area contributed by atoms with Crippen LogP contribution in [0.25, 0.3) is 23.1 Å². The van der Waals surface area contributed by atoms with Gasteiger partial charge in [-0.1, -0.05) is 12.1 Å². The van der Waals surface area contributed by atoms with Gasteiger partial charge in [0, 0.05) is 23.4 Å². The van der Waals surface area contributed by atoms with Gasteiger partial charge in [-0.25, -0.2) is 9.48 Å². The zero-order valence-corrected chi connectivity index (χ0v) is 20.8. The molecule has 1 atom stereocenters. The van der Waals surface area contributed by atoms with E-state index in [4.69, 9.17) is 14.6 Å². The molecule has 0 spiro atoms. The van der Waals surface area contributed by atoms with Crippen LogP contribution in [0, 0.1) is 13.8 Å². The third-order valence-electron chi connectivity index (χ3n) is 6.31. The summed E-state index contributed by atoms with van der Waals surface area (Å²) in [5, 5.41) is 9.36. The number of ether oxygens (including phenoxy) is 2. The van der Waals surface area contributed by atoms with Crippen molar-refractivity contribution in [2.75, 3.05) is 19.0 Å². The summed E-state index contributed by atoms with van der Waals surface area (Å²) in [6, 6.07) is 17.6. The molecule has 0 bridgehead atoms. The molecule has 1 aliphatic heterocycles. The number of nitrogens with zero attached hydrogens (tertiary/aromatic N) is 3. The number of carbonyl (C=O) groups is 1. The smallest absolute Gasteiger partial charge is 0.339 e. The molecule has 1 unspecified atom stereocenters. The van der Waals surface area contributed by atoms with Crippen LogP contribution in [0.4, 0.5) is 11.4 Å². The number of hydrogen-bond donors (Lipinski definition) is 1. The van der Waals surface area contributed by atoms with Gasteiger partial charge >= 0.3 is 5.97 Å². The van der Waals surface area contributed by atoms with Crippen molar-refractivity contribution in [1.82, 2.24) is 14.8 Å². The summed E-state index contributed by atoms with van der Waals surface area (Å²) in [5.74, 6) is -0.382. The summed E-state index contributed by atoms with van der Waals surface area (Å²) < 4.78 is 13.0. The first kappa shape index (κ1) is 23.8. The fourth-order valence-corrected chi connectivity index (χ4v) is 4.66. The van der Waals surface area contributed by atoms with Gasteiger partial charge in [0.15, 0.2) is 6.23 Å². The Bertz CT molecular complexity index is 1410. The fraction of sp³-hybridized carbons (Fsp3) is 0.276. The lowest BCUT2D eigenvalue weighted by Crippen LogP contribution is -2.19. The minimum Gasteiger partial charge on any atom is -0.465 e. The van der Waals surface area contributed by atoms with Gasteiger partial charge in [-0.05, 0) is 93.3 Å². The average Bonchev–Trinajstić information content (AvgIpc) is 3.25. The van der Waals surface area contributed by atoms with Crippen LogP contribution in [0.1, 0.15) is 58.5 Å². The van der Waals surface area contributed by atoms with Crippen LogP contribution in [0.3, 0.4) is 0 Å². The minimum atomic E-state index is -0.382. The number of carbonyl (C=O) groups excluding carboxylic acids is 1. The third-order valence-corrected chi connectivity index (χ3v) is 6.31. The number of rotatable bonds is 6. The number of esters is 1. The molecule has 7 heteroatoms. The normalized spacial score (nSPS) is 15.9. The van der Waals surface area contributed by atoms with E-state index in [2.05, 4.69) is 41.5 Å². The van der Waals surface area contributed by atoms with E-state index in [1.165, 1.54) is 12.7 Å². The molecule has 4 aromatic rings. The van der Waals surface area contributed by atoms with Crippen molar-refractivity contribution in [2.24, 2.45) is 0 Å². The largest absolute Gasteiger partial charge is 0.465 e. The van der Waals surface area contributed by atoms with Crippen molar-refractivity contribution in [3.63, 3.8) is 0 Å². The molecule has 1 aliphatic rings. The van der Waals surface area contributed by atoms with E-state index in [0.29, 0.717) is 11.3 Å². The van der Waals surface area contributed by atoms with E-state index in [0.717, 1.165) is 59.5 Å². The Morgan fingerprint density at radius 1 is 1.11 bits per heavy atom. The summed E-state index contributed by atoms with van der Waals surface area (Å²) in [5.41, 5.74) is 6.92. The van der Waals surface area contributed by atoms with E-state index in [1.54, 1.807) is 6.07 Å². The summed E-state index contributed by atoms with van der Waals surface area (Å²) >= 11 is 0. The molecule has 1 fully saturated rings. The van der Waals surface area contributed by atoms with Gasteiger partial charge in [0.05, 0.1) is 35.3 Å². The third kappa shape index (κ3) is 5.02. The highest BCUT2D eigenvalue weighted by atomic mass is 16.5. The van der Waals surface area contributed by atoms with Crippen LogP contribution >= 0.6 is 0 Å². The van der Waals surface area contributed by atoms with Gasteiger partial charge in [-0.15, -0.1) is 0 Å². The van der Waals surface area contributed by atoms with Crippen molar-refractivity contribution in [1.29, 1.82) is 0 Å². The van der Waals surface area contributed by atoms with Crippen molar-refractivity contribution in [3.8, 4) is 0 Å². The first-order valence-corrected chi connectivity index (χ1v) is 12.2. The van der Waals surface area contributed by atoms with Gasteiger partial charge in [-0.2, -0.15) is 5.10 Å². The zero-order chi connectivity index (χ0) is 25.1. The van der Waals surface area contributed by atoms with Crippen LogP contribution in [-0.4, -0.2) is 34.5 Å². The second kappa shape index (κ2) is 10.3. The van der Waals surface area contributed by atoms with Gasteiger partial charge in [0.2, 0.25) is 0 Å². The number of methoxy groups -OCH3 is 1. The molecule has 0 amide bonds. The molecule has 1 N–H and O–H groups in total. The van der Waals surface area contributed by atoms with Crippen molar-refractivity contribution < 1.29 is 14.3 Å². The van der Waals surface area contributed by atoms with Gasteiger partial charge in [0.1, 0.15) is 0 Å². The fourth-order valence-electron chi connectivity index (χ4n) is 4.66. The molecule has 2 aromatic heterocycles. The lowest BCUT2D eigenvalue weighted by atomic mass is 10.1. The van der Waals surface area contributed by atoms with Crippen molar-refractivity contribution >= 4 is 40.4 Å². The standard InChI is InChI=1S/C29H30N4O3/c1-19-16-20(2)30-21(17-19)12-14-26-23-13-11-22(31-25-9-5-4-8-24(25)29(34)35-3)18-27(23)33(32-26)28-10-6-7-15-36-28/h4-5,8-9,11-14,16-18,28,31H,6-7,10,15H2,1-3H3. The Morgan fingerprint density at radius 3 is 2.75 bits per heavy atom. The predicted molar refractivity (Wildman–Crippen MR) is 142 cm³/mol. The maximum absolute atomic E-state index is 12.2. The number of anilines is 2. The van der Waals surface area contributed by atoms with Crippen LogP contribution in [0.15, 0.2) is 54.6 Å². The van der Waals surface area contributed by atoms with Crippen LogP contribution in [-0.2, 0) is 9.47 Å². The monoisotopic (exact) mass is 482 g/mol. The number of aryl methyl sites for hydroxylation is 2. The summed E-state index contributed by atoms with van der Waals surface area (Å²) in [4.78, 5) is 16.8. The number of fused-ring (bicyclic) bond motifs is 1. The Balaban J connectivity index is 1.54. The number of nitrogens with one attached hydrogen (secondary N) is 1. The maximum Gasteiger partial charge on any atom is 0.339 e. The Morgan fingerprint density at radius 2 is 1.97 bits per heavy atom. The second-order valence-corrected chi connectivity index (χ2v) is 9.09. The van der Waals surface area contributed by atoms with Gasteiger partial charge < -0.3 is 14.8 Å². The SMILES string of the molecule is COC(=O)c1ccccc1Nc1ccc2c(C=Cc3cc(C)cc(C)n3)nn(C3CCCCO3)c2c1. The van der Waals surface area contributed by atoms with E-state index < -0.39 is 0 Å². The van der Waals surface area contributed by atoms with E-state index in [1.807, 2.05) is 48.0 Å². The van der Waals surface area contributed by atoms with Crippen molar-refractivity contribution in [2.45, 2.75) is 39.3 Å². The summed E-state index contributed by atoms with van der Waals surface area (Å²) in [6.45, 7) is 4.80. The molecular formula is C29H30N4O3. The first-order valence-electron chi connectivity index (χ1n) is 12.2. The van der Waals surface area contributed by atoms with E-state index in [-0.39, 0.29) is 12.2 Å². The Labute approximate surface area is 210 Å². The first-order chi connectivity index (χ1) is 17.5. The summed E-state index contributed by atoms with van der Waals surface area (Å²) in [7, 11) is 1.39. The molecule has 0 aliphatic carbocycles. The maximum atomic E-state index is 12.2. The highest BCUT2D eigenvalue weighted by molar-refractivity contribution is 5.97. The van der Waals surface area contributed by atoms with Gasteiger partial charge in [-0.3, -0.25) is 4.98 Å². The second-order valence-electron chi connectivity index (χ2n) is 9.09. The molecular weight excluding hydrogens is 452 g/mol. The molecule has 2 aromatic carbocycles. The number of benzene rings is 2. The van der Waals surface area contributed by atoms with Crippen molar-refractivity contribution in [3.05, 3.63) is 82.8 Å². The van der Waals surface area contributed by atoms with Gasteiger partial charge in [0.25, 0.3) is 0 Å². The highest BCUT2D eigenvalue weighted by Crippen LogP contribution is 2.32. The number of hydrogen-bond acceptors (Lipinski definition) is 6. The lowest BCUT2D eigenvalue weighted by Gasteiger charge is -2.23. The molecule has 0 radical (unpaired) electrons. The van der Waals surface area contributed by atoms with E-state index >= 15 is 0 Å².